The highest BCUT2D eigenvalue weighted by atomic mass is 35.5. The minimum Gasteiger partial charge on any atom is -0.490 e. The van der Waals surface area contributed by atoms with Crippen LogP contribution in [-0.4, -0.2) is 25.3 Å². The summed E-state index contributed by atoms with van der Waals surface area (Å²) < 4.78 is 16.7. The monoisotopic (exact) mass is 438 g/mol. The minimum atomic E-state index is -0.373. The summed E-state index contributed by atoms with van der Waals surface area (Å²) in [5.41, 5.74) is 4.17. The Kier molecular flexibility index (Phi) is 8.31. The van der Waals surface area contributed by atoms with Crippen LogP contribution in [0.4, 0.5) is 0 Å². The van der Waals surface area contributed by atoms with Gasteiger partial charge in [0.05, 0.1) is 12.8 Å². The second-order valence-corrected chi connectivity index (χ2v) is 6.82. The molecule has 0 saturated heterocycles. The Hall–Kier alpha value is -3.51. The van der Waals surface area contributed by atoms with E-state index in [1.807, 2.05) is 67.6 Å². The van der Waals surface area contributed by atoms with E-state index in [9.17, 15) is 4.79 Å². The highest BCUT2D eigenvalue weighted by Gasteiger charge is 2.06. The van der Waals surface area contributed by atoms with Crippen molar-refractivity contribution >= 4 is 23.7 Å². The van der Waals surface area contributed by atoms with Gasteiger partial charge in [-0.1, -0.05) is 41.9 Å². The van der Waals surface area contributed by atoms with Crippen LogP contribution < -0.4 is 19.6 Å². The lowest BCUT2D eigenvalue weighted by Gasteiger charge is -2.10. The topological polar surface area (TPSA) is 69.2 Å². The Balaban J connectivity index is 1.44. The fourth-order valence-electron chi connectivity index (χ4n) is 2.63. The Morgan fingerprint density at radius 2 is 1.61 bits per heavy atom. The van der Waals surface area contributed by atoms with Crippen molar-refractivity contribution in [1.29, 1.82) is 0 Å². The molecule has 0 aliphatic heterocycles. The first-order valence-corrected chi connectivity index (χ1v) is 10.2. The summed E-state index contributed by atoms with van der Waals surface area (Å²) in [5.74, 6) is 1.44. The number of hydrogen-bond donors (Lipinski definition) is 1. The van der Waals surface area contributed by atoms with Crippen molar-refractivity contribution in [3.63, 3.8) is 0 Å². The predicted molar refractivity (Wildman–Crippen MR) is 121 cm³/mol. The van der Waals surface area contributed by atoms with Crippen LogP contribution >= 0.6 is 11.6 Å². The molecule has 1 N–H and O–H groups in total. The van der Waals surface area contributed by atoms with Crippen molar-refractivity contribution in [2.24, 2.45) is 5.10 Å². The average molecular weight is 439 g/mol. The van der Waals surface area contributed by atoms with Gasteiger partial charge in [0.25, 0.3) is 5.91 Å². The molecule has 7 heteroatoms. The summed E-state index contributed by atoms with van der Waals surface area (Å²) in [6, 6.07) is 22.1. The van der Waals surface area contributed by atoms with Crippen molar-refractivity contribution in [3.8, 4) is 17.2 Å². The van der Waals surface area contributed by atoms with Crippen molar-refractivity contribution in [1.82, 2.24) is 5.43 Å². The normalized spacial score (nSPS) is 10.6. The zero-order valence-corrected chi connectivity index (χ0v) is 17.8. The third kappa shape index (κ3) is 7.04. The van der Waals surface area contributed by atoms with Crippen LogP contribution in [0.2, 0.25) is 5.02 Å². The van der Waals surface area contributed by atoms with Crippen molar-refractivity contribution in [2.75, 3.05) is 13.2 Å². The predicted octanol–water partition coefficient (Wildman–Crippen LogP) is 4.85. The number of nitrogens with zero attached hydrogens (tertiary/aromatic N) is 1. The maximum Gasteiger partial charge on any atom is 0.277 e. The first kappa shape index (κ1) is 22.2. The lowest BCUT2D eigenvalue weighted by Crippen LogP contribution is -2.24. The highest BCUT2D eigenvalue weighted by molar-refractivity contribution is 6.31. The largest absolute Gasteiger partial charge is 0.490 e. The number of benzene rings is 3. The molecular weight excluding hydrogens is 416 g/mol. The standard InChI is InChI=1S/C24H23ClN2O4/c1-2-29-22-9-5-6-10-23(22)31-17-24(28)27-26-15-18-11-13-20(14-12-18)30-16-19-7-3-4-8-21(19)25/h3-15H,2,16-17H2,1H3,(H,27,28)/b26-15+. The number of halogens is 1. The van der Waals surface area contributed by atoms with E-state index in [0.29, 0.717) is 35.5 Å². The molecule has 31 heavy (non-hydrogen) atoms. The molecule has 0 unspecified atom stereocenters. The number of hydrazone groups is 1. The van der Waals surface area contributed by atoms with E-state index in [-0.39, 0.29) is 12.5 Å². The number of carbonyl (C=O) groups is 1. The van der Waals surface area contributed by atoms with Crippen LogP contribution in [-0.2, 0) is 11.4 Å². The summed E-state index contributed by atoms with van der Waals surface area (Å²) in [6.07, 6.45) is 1.55. The molecule has 0 aliphatic rings. The van der Waals surface area contributed by atoms with Gasteiger partial charge >= 0.3 is 0 Å². The third-order valence-corrected chi connectivity index (χ3v) is 4.51. The smallest absolute Gasteiger partial charge is 0.277 e. The van der Waals surface area contributed by atoms with Crippen molar-refractivity contribution in [3.05, 3.63) is 88.9 Å². The van der Waals surface area contributed by atoms with E-state index >= 15 is 0 Å². The van der Waals surface area contributed by atoms with Crippen molar-refractivity contribution in [2.45, 2.75) is 13.5 Å². The van der Waals surface area contributed by atoms with Gasteiger partial charge in [0.15, 0.2) is 18.1 Å². The molecule has 3 aromatic carbocycles. The molecule has 6 nitrogen and oxygen atoms in total. The van der Waals surface area contributed by atoms with E-state index in [1.54, 1.807) is 18.3 Å². The molecule has 0 radical (unpaired) electrons. The number of amides is 1. The van der Waals surface area contributed by atoms with Gasteiger partial charge in [-0.25, -0.2) is 5.43 Å². The van der Waals surface area contributed by atoms with Gasteiger partial charge in [0.1, 0.15) is 12.4 Å². The van der Waals surface area contributed by atoms with Crippen LogP contribution in [0.1, 0.15) is 18.1 Å². The molecule has 0 aliphatic carbocycles. The van der Waals surface area contributed by atoms with Crippen LogP contribution in [0.3, 0.4) is 0 Å². The van der Waals surface area contributed by atoms with Gasteiger partial charge in [-0.2, -0.15) is 5.10 Å². The fourth-order valence-corrected chi connectivity index (χ4v) is 2.82. The summed E-state index contributed by atoms with van der Waals surface area (Å²) in [4.78, 5) is 12.0. The van der Waals surface area contributed by atoms with Crippen LogP contribution in [0, 0.1) is 0 Å². The maximum absolute atomic E-state index is 12.0. The number of ether oxygens (including phenoxy) is 3. The van der Waals surface area contributed by atoms with Crippen LogP contribution in [0.15, 0.2) is 77.9 Å². The highest BCUT2D eigenvalue weighted by Crippen LogP contribution is 2.26. The molecule has 0 bridgehead atoms. The zero-order valence-electron chi connectivity index (χ0n) is 17.1. The molecule has 1 amide bonds. The molecule has 160 valence electrons. The number of nitrogens with one attached hydrogen (secondary N) is 1. The SMILES string of the molecule is CCOc1ccccc1OCC(=O)N/N=C/c1ccc(OCc2ccccc2Cl)cc1. The summed E-state index contributed by atoms with van der Waals surface area (Å²) in [5, 5.41) is 4.63. The van der Waals surface area contributed by atoms with E-state index < -0.39 is 0 Å². The molecule has 0 atom stereocenters. The Labute approximate surface area is 186 Å². The van der Waals surface area contributed by atoms with E-state index in [4.69, 9.17) is 25.8 Å². The molecule has 0 aromatic heterocycles. The number of para-hydroxylation sites is 2. The van der Waals surface area contributed by atoms with Gasteiger partial charge in [-0.15, -0.1) is 0 Å². The minimum absolute atomic E-state index is 0.170. The molecule has 3 aromatic rings. The summed E-state index contributed by atoms with van der Waals surface area (Å²) >= 11 is 6.13. The second kappa shape index (κ2) is 11.6. The van der Waals surface area contributed by atoms with Gasteiger partial charge in [-0.3, -0.25) is 4.79 Å². The number of rotatable bonds is 10. The fraction of sp³-hybridized carbons (Fsp3) is 0.167. The van der Waals surface area contributed by atoms with Crippen LogP contribution in [0.5, 0.6) is 17.2 Å². The maximum atomic E-state index is 12.0. The number of hydrogen-bond acceptors (Lipinski definition) is 5. The number of carbonyl (C=O) groups excluding carboxylic acids is 1. The molecule has 0 fully saturated rings. The quantitative estimate of drug-likeness (QED) is 0.363. The molecule has 0 spiro atoms. The van der Waals surface area contributed by atoms with Gasteiger partial charge in [0.2, 0.25) is 0 Å². The molecule has 0 saturated carbocycles. The first-order chi connectivity index (χ1) is 15.2. The second-order valence-electron chi connectivity index (χ2n) is 6.41. The Morgan fingerprint density at radius 1 is 0.935 bits per heavy atom. The van der Waals surface area contributed by atoms with Crippen molar-refractivity contribution < 1.29 is 19.0 Å². The average Bonchev–Trinajstić information content (AvgIpc) is 2.79. The van der Waals surface area contributed by atoms with Gasteiger partial charge in [0, 0.05) is 10.6 Å². The third-order valence-electron chi connectivity index (χ3n) is 4.14. The van der Waals surface area contributed by atoms with Crippen LogP contribution in [0.25, 0.3) is 0 Å². The lowest BCUT2D eigenvalue weighted by atomic mass is 10.2. The summed E-state index contributed by atoms with van der Waals surface area (Å²) in [6.45, 7) is 2.61. The lowest BCUT2D eigenvalue weighted by molar-refractivity contribution is -0.123. The Bertz CT molecular complexity index is 1020. The van der Waals surface area contributed by atoms with E-state index in [1.165, 1.54) is 0 Å². The molecule has 3 rings (SSSR count). The first-order valence-electron chi connectivity index (χ1n) is 9.78. The van der Waals surface area contributed by atoms with E-state index in [0.717, 1.165) is 11.1 Å². The molecule has 0 heterocycles. The van der Waals surface area contributed by atoms with Gasteiger partial charge < -0.3 is 14.2 Å². The summed E-state index contributed by atoms with van der Waals surface area (Å²) in [7, 11) is 0. The molecular formula is C24H23ClN2O4. The Morgan fingerprint density at radius 3 is 2.32 bits per heavy atom. The van der Waals surface area contributed by atoms with E-state index in [2.05, 4.69) is 10.5 Å². The van der Waals surface area contributed by atoms with Gasteiger partial charge in [-0.05, 0) is 55.0 Å². The zero-order chi connectivity index (χ0) is 21.9.